The van der Waals surface area contributed by atoms with Gasteiger partial charge in [0.2, 0.25) is 0 Å². The number of hydrogen-bond donors (Lipinski definition) is 2. The molecule has 0 spiro atoms. The number of guanidine groups is 1. The van der Waals surface area contributed by atoms with Gasteiger partial charge in [-0.25, -0.2) is 0 Å². The van der Waals surface area contributed by atoms with Crippen molar-refractivity contribution < 1.29 is 4.74 Å². The highest BCUT2D eigenvalue weighted by Crippen LogP contribution is 2.09. The van der Waals surface area contributed by atoms with E-state index in [1.807, 2.05) is 37.3 Å². The van der Waals surface area contributed by atoms with E-state index < -0.39 is 0 Å². The molecule has 0 aliphatic heterocycles. The first-order valence-electron chi connectivity index (χ1n) is 7.82. The van der Waals surface area contributed by atoms with Crippen molar-refractivity contribution in [3.8, 4) is 0 Å². The van der Waals surface area contributed by atoms with Crippen LogP contribution >= 0.6 is 0 Å². The van der Waals surface area contributed by atoms with E-state index in [0.717, 1.165) is 18.3 Å². The highest BCUT2D eigenvalue weighted by molar-refractivity contribution is 5.79. The summed E-state index contributed by atoms with van der Waals surface area (Å²) in [6, 6.07) is 14.1. The number of benzene rings is 1. The largest absolute Gasteiger partial charge is 0.377 e. The number of aromatic nitrogens is 1. The van der Waals surface area contributed by atoms with Gasteiger partial charge >= 0.3 is 0 Å². The number of hydrogen-bond acceptors (Lipinski definition) is 3. The predicted octanol–water partition coefficient (Wildman–Crippen LogP) is 2.48. The molecule has 2 N–H and O–H groups in total. The van der Waals surface area contributed by atoms with Crippen LogP contribution < -0.4 is 10.6 Å². The Labute approximate surface area is 137 Å². The second kappa shape index (κ2) is 9.58. The molecule has 5 nitrogen and oxygen atoms in total. The number of pyridine rings is 1. The summed E-state index contributed by atoms with van der Waals surface area (Å²) in [5.74, 6) is 0.752. The molecule has 0 unspecified atom stereocenters. The lowest BCUT2D eigenvalue weighted by Gasteiger charge is -2.14. The quantitative estimate of drug-likeness (QED) is 0.609. The molecule has 0 amide bonds. The fourth-order valence-electron chi connectivity index (χ4n) is 2.16. The minimum atomic E-state index is 0.633. The molecule has 122 valence electrons. The molecule has 2 rings (SSSR count). The van der Waals surface area contributed by atoms with Crippen LogP contribution in [0.2, 0.25) is 0 Å². The lowest BCUT2D eigenvalue weighted by molar-refractivity contribution is 0.133. The zero-order valence-corrected chi connectivity index (χ0v) is 13.7. The Bertz CT molecular complexity index is 613. The van der Waals surface area contributed by atoms with Gasteiger partial charge in [-0.05, 0) is 30.2 Å². The third kappa shape index (κ3) is 5.71. The average Bonchev–Trinajstić information content (AvgIpc) is 2.61. The molecule has 0 radical (unpaired) electrons. The summed E-state index contributed by atoms with van der Waals surface area (Å²) in [5, 5.41) is 6.59. The molecule has 5 heteroatoms. The van der Waals surface area contributed by atoms with Crippen molar-refractivity contribution in [2.45, 2.75) is 26.6 Å². The molecule has 0 aliphatic carbocycles. The van der Waals surface area contributed by atoms with Gasteiger partial charge in [-0.2, -0.15) is 0 Å². The number of ether oxygens (including phenoxy) is 1. The molecule has 0 fully saturated rings. The second-order valence-electron chi connectivity index (χ2n) is 5.01. The summed E-state index contributed by atoms with van der Waals surface area (Å²) in [7, 11) is 1.76. The Balaban J connectivity index is 1.88. The molecule has 0 aliphatic rings. The molecule has 23 heavy (non-hydrogen) atoms. The van der Waals surface area contributed by atoms with E-state index in [0.29, 0.717) is 19.7 Å². The molecule has 0 saturated heterocycles. The molecule has 0 saturated carbocycles. The van der Waals surface area contributed by atoms with E-state index in [9.17, 15) is 0 Å². The first kappa shape index (κ1) is 17.0. The van der Waals surface area contributed by atoms with Crippen LogP contribution in [-0.2, 0) is 24.4 Å². The lowest BCUT2D eigenvalue weighted by atomic mass is 10.1. The van der Waals surface area contributed by atoms with Gasteiger partial charge < -0.3 is 15.4 Å². The van der Waals surface area contributed by atoms with Crippen LogP contribution in [0.15, 0.2) is 53.7 Å². The maximum Gasteiger partial charge on any atom is 0.191 e. The van der Waals surface area contributed by atoms with Crippen LogP contribution in [0.3, 0.4) is 0 Å². The molecule has 1 aromatic carbocycles. The minimum absolute atomic E-state index is 0.633. The van der Waals surface area contributed by atoms with E-state index in [1.54, 1.807) is 13.2 Å². The number of rotatable bonds is 7. The van der Waals surface area contributed by atoms with Gasteiger partial charge in [-0.3, -0.25) is 9.98 Å². The molecule has 1 aromatic heterocycles. The van der Waals surface area contributed by atoms with E-state index in [-0.39, 0.29) is 0 Å². The first-order chi connectivity index (χ1) is 11.3. The summed E-state index contributed by atoms with van der Waals surface area (Å²) < 4.78 is 5.52. The van der Waals surface area contributed by atoms with Crippen LogP contribution in [0.1, 0.15) is 23.7 Å². The van der Waals surface area contributed by atoms with Gasteiger partial charge in [0.25, 0.3) is 0 Å². The molecule has 0 bridgehead atoms. The van der Waals surface area contributed by atoms with Crippen molar-refractivity contribution in [3.05, 3.63) is 65.5 Å². The molecule has 0 atom stereocenters. The van der Waals surface area contributed by atoms with Crippen LogP contribution in [0.5, 0.6) is 0 Å². The fraction of sp³-hybridized carbons (Fsp3) is 0.333. The van der Waals surface area contributed by atoms with Crippen molar-refractivity contribution >= 4 is 5.96 Å². The van der Waals surface area contributed by atoms with Crippen LogP contribution in [0, 0.1) is 0 Å². The van der Waals surface area contributed by atoms with Gasteiger partial charge in [-0.1, -0.05) is 30.3 Å². The third-order valence-corrected chi connectivity index (χ3v) is 3.41. The van der Waals surface area contributed by atoms with Gasteiger partial charge in [0.1, 0.15) is 0 Å². The number of aliphatic imine (C=N–C) groups is 1. The topological polar surface area (TPSA) is 58.5 Å². The minimum Gasteiger partial charge on any atom is -0.377 e. The van der Waals surface area contributed by atoms with E-state index in [2.05, 4.69) is 32.7 Å². The van der Waals surface area contributed by atoms with Gasteiger partial charge in [0.15, 0.2) is 5.96 Å². The Morgan fingerprint density at radius 2 is 1.78 bits per heavy atom. The van der Waals surface area contributed by atoms with E-state index >= 15 is 0 Å². The van der Waals surface area contributed by atoms with Crippen molar-refractivity contribution in [1.29, 1.82) is 0 Å². The van der Waals surface area contributed by atoms with E-state index in [1.165, 1.54) is 11.1 Å². The van der Waals surface area contributed by atoms with Crippen molar-refractivity contribution in [3.63, 3.8) is 0 Å². The van der Waals surface area contributed by atoms with Gasteiger partial charge in [-0.15, -0.1) is 0 Å². The third-order valence-electron chi connectivity index (χ3n) is 3.41. The summed E-state index contributed by atoms with van der Waals surface area (Å²) in [4.78, 5) is 8.53. The highest BCUT2D eigenvalue weighted by atomic mass is 16.5. The fourth-order valence-corrected chi connectivity index (χ4v) is 2.16. The smallest absolute Gasteiger partial charge is 0.191 e. The standard InChI is InChI=1S/C18H24N4O/c1-3-23-14-16-9-5-4-8-15(16)12-21-18(19-2)22-13-17-10-6-7-11-20-17/h4-11H,3,12-14H2,1-2H3,(H2,19,21,22). The Hall–Kier alpha value is -2.40. The van der Waals surface area contributed by atoms with Crippen LogP contribution in [-0.4, -0.2) is 24.6 Å². The first-order valence-corrected chi connectivity index (χ1v) is 7.82. The summed E-state index contributed by atoms with van der Waals surface area (Å²) >= 11 is 0. The lowest BCUT2D eigenvalue weighted by Crippen LogP contribution is -2.36. The molecular formula is C18H24N4O. The Morgan fingerprint density at radius 1 is 1.04 bits per heavy atom. The molecule has 1 heterocycles. The average molecular weight is 312 g/mol. The maximum atomic E-state index is 5.52. The summed E-state index contributed by atoms with van der Waals surface area (Å²) in [5.41, 5.74) is 3.39. The summed E-state index contributed by atoms with van der Waals surface area (Å²) in [6.45, 7) is 4.69. The predicted molar refractivity (Wildman–Crippen MR) is 93.0 cm³/mol. The normalized spacial score (nSPS) is 11.3. The molecule has 2 aromatic rings. The zero-order chi connectivity index (χ0) is 16.3. The number of nitrogens with one attached hydrogen (secondary N) is 2. The summed E-state index contributed by atoms with van der Waals surface area (Å²) in [6.07, 6.45) is 1.79. The Morgan fingerprint density at radius 3 is 2.48 bits per heavy atom. The van der Waals surface area contributed by atoms with Gasteiger partial charge in [0, 0.05) is 26.4 Å². The monoisotopic (exact) mass is 312 g/mol. The maximum absolute atomic E-state index is 5.52. The highest BCUT2D eigenvalue weighted by Gasteiger charge is 2.04. The van der Waals surface area contributed by atoms with Crippen LogP contribution in [0.25, 0.3) is 0 Å². The van der Waals surface area contributed by atoms with Gasteiger partial charge in [0.05, 0.1) is 18.8 Å². The van der Waals surface area contributed by atoms with Crippen molar-refractivity contribution in [2.24, 2.45) is 4.99 Å². The van der Waals surface area contributed by atoms with Crippen molar-refractivity contribution in [2.75, 3.05) is 13.7 Å². The van der Waals surface area contributed by atoms with Crippen molar-refractivity contribution in [1.82, 2.24) is 15.6 Å². The SMILES string of the molecule is CCOCc1ccccc1CNC(=NC)NCc1ccccn1. The number of nitrogens with zero attached hydrogens (tertiary/aromatic N) is 2. The Kier molecular flexibility index (Phi) is 7.07. The second-order valence-corrected chi connectivity index (χ2v) is 5.01. The molecular weight excluding hydrogens is 288 g/mol. The van der Waals surface area contributed by atoms with E-state index in [4.69, 9.17) is 4.74 Å². The van der Waals surface area contributed by atoms with Crippen LogP contribution in [0.4, 0.5) is 0 Å². The zero-order valence-electron chi connectivity index (χ0n) is 13.7.